The highest BCUT2D eigenvalue weighted by molar-refractivity contribution is 5.40. The molecular weight excluding hydrogens is 162 g/mol. The first-order chi connectivity index (χ1) is 6.27. The number of hydrogen-bond donors (Lipinski definition) is 1. The van der Waals surface area contributed by atoms with E-state index < -0.39 is 0 Å². The minimum Gasteiger partial charge on any atom is -0.476 e. The van der Waals surface area contributed by atoms with Crippen molar-refractivity contribution in [2.75, 3.05) is 0 Å². The molecule has 0 spiro atoms. The third-order valence-electron chi connectivity index (χ3n) is 2.48. The van der Waals surface area contributed by atoms with Crippen LogP contribution in [0.5, 0.6) is 0 Å². The Balaban J connectivity index is 2.21. The van der Waals surface area contributed by atoms with Crippen LogP contribution in [-0.2, 0) is 4.74 Å². The first-order valence-corrected chi connectivity index (χ1v) is 4.76. The number of ether oxygens (including phenoxy) is 1. The fourth-order valence-electron chi connectivity index (χ4n) is 1.75. The van der Waals surface area contributed by atoms with Crippen LogP contribution in [0.2, 0.25) is 0 Å². The van der Waals surface area contributed by atoms with Crippen LogP contribution >= 0.6 is 0 Å². The molecule has 1 aliphatic heterocycles. The topological polar surface area (TPSA) is 21.3 Å². The van der Waals surface area contributed by atoms with Gasteiger partial charge in [0.05, 0.1) is 5.70 Å². The molecule has 0 amide bonds. The zero-order chi connectivity index (χ0) is 9.26. The zero-order valence-corrected chi connectivity index (χ0v) is 8.13. The second kappa shape index (κ2) is 3.29. The van der Waals surface area contributed by atoms with Crippen molar-refractivity contribution >= 4 is 0 Å². The van der Waals surface area contributed by atoms with Crippen molar-refractivity contribution in [3.8, 4) is 0 Å². The van der Waals surface area contributed by atoms with Gasteiger partial charge in [0.1, 0.15) is 6.26 Å². The van der Waals surface area contributed by atoms with Gasteiger partial charge in [-0.1, -0.05) is 12.2 Å². The first kappa shape index (κ1) is 8.42. The lowest BCUT2D eigenvalue weighted by atomic mass is 9.96. The van der Waals surface area contributed by atoms with Crippen molar-refractivity contribution in [3.63, 3.8) is 0 Å². The number of nitrogens with one attached hydrogen (secondary N) is 1. The molecule has 1 unspecified atom stereocenters. The minimum atomic E-state index is 0.126. The molecule has 2 nitrogen and oxygen atoms in total. The Labute approximate surface area is 79.0 Å². The average Bonchev–Trinajstić information content (AvgIpc) is 2.53. The molecule has 1 heterocycles. The van der Waals surface area contributed by atoms with E-state index in [4.69, 9.17) is 4.74 Å². The maximum Gasteiger partial charge on any atom is 0.166 e. The summed E-state index contributed by atoms with van der Waals surface area (Å²) in [6, 6.07) is 0. The summed E-state index contributed by atoms with van der Waals surface area (Å²) in [5, 5.41) is 3.30. The Morgan fingerprint density at radius 3 is 3.00 bits per heavy atom. The molecule has 1 atom stereocenters. The predicted octanol–water partition coefficient (Wildman–Crippen LogP) is 2.46. The van der Waals surface area contributed by atoms with Gasteiger partial charge in [-0.05, 0) is 37.8 Å². The number of allylic oxidation sites excluding steroid dienone is 4. The molecule has 13 heavy (non-hydrogen) atoms. The first-order valence-electron chi connectivity index (χ1n) is 4.76. The van der Waals surface area contributed by atoms with Crippen LogP contribution in [0.25, 0.3) is 0 Å². The maximum absolute atomic E-state index is 5.34. The van der Waals surface area contributed by atoms with Crippen LogP contribution in [0.4, 0.5) is 0 Å². The van der Waals surface area contributed by atoms with Crippen molar-refractivity contribution < 1.29 is 4.74 Å². The zero-order valence-electron chi connectivity index (χ0n) is 8.13. The van der Waals surface area contributed by atoms with E-state index in [9.17, 15) is 0 Å². The van der Waals surface area contributed by atoms with Crippen LogP contribution < -0.4 is 5.32 Å². The van der Waals surface area contributed by atoms with Gasteiger partial charge in [0.15, 0.2) is 6.23 Å². The molecule has 2 heteroatoms. The smallest absolute Gasteiger partial charge is 0.166 e. The van der Waals surface area contributed by atoms with Gasteiger partial charge in [-0.3, -0.25) is 0 Å². The van der Waals surface area contributed by atoms with Gasteiger partial charge in [0.2, 0.25) is 0 Å². The Hall–Kier alpha value is -1.18. The highest BCUT2D eigenvalue weighted by Crippen LogP contribution is 2.26. The molecule has 0 bridgehead atoms. The molecule has 70 valence electrons. The van der Waals surface area contributed by atoms with Gasteiger partial charge in [-0.25, -0.2) is 0 Å². The largest absolute Gasteiger partial charge is 0.476 e. The fraction of sp³-hybridized carbons (Fsp3) is 0.455. The van der Waals surface area contributed by atoms with Crippen molar-refractivity contribution in [3.05, 3.63) is 35.3 Å². The van der Waals surface area contributed by atoms with E-state index in [1.165, 1.54) is 11.1 Å². The average molecular weight is 177 g/mol. The van der Waals surface area contributed by atoms with Crippen molar-refractivity contribution in [2.24, 2.45) is 0 Å². The predicted molar refractivity (Wildman–Crippen MR) is 52.8 cm³/mol. The lowest BCUT2D eigenvalue weighted by molar-refractivity contribution is 0.170. The second-order valence-electron chi connectivity index (χ2n) is 3.56. The van der Waals surface area contributed by atoms with Gasteiger partial charge in [0.25, 0.3) is 0 Å². The van der Waals surface area contributed by atoms with Crippen molar-refractivity contribution in [2.45, 2.75) is 32.9 Å². The van der Waals surface area contributed by atoms with Gasteiger partial charge in [-0.2, -0.15) is 0 Å². The van der Waals surface area contributed by atoms with Crippen LogP contribution in [0.3, 0.4) is 0 Å². The highest BCUT2D eigenvalue weighted by Gasteiger charge is 2.17. The quantitative estimate of drug-likeness (QED) is 0.664. The summed E-state index contributed by atoms with van der Waals surface area (Å²) in [5.41, 5.74) is 3.91. The molecule has 0 aromatic rings. The number of rotatable bonds is 1. The standard InChI is InChI=1S/C11H15NO/c1-8-5-3-4-6-10(8)11-7-13-9(2)12-11/h3,5,7,9,12H,4,6H2,1-2H3. The normalized spacial score (nSPS) is 26.9. The highest BCUT2D eigenvalue weighted by atomic mass is 16.5. The third kappa shape index (κ3) is 1.62. The van der Waals surface area contributed by atoms with Crippen LogP contribution in [0.1, 0.15) is 26.7 Å². The third-order valence-corrected chi connectivity index (χ3v) is 2.48. The minimum absolute atomic E-state index is 0.126. The molecule has 0 fully saturated rings. The molecule has 0 saturated heterocycles. The van der Waals surface area contributed by atoms with Gasteiger partial charge >= 0.3 is 0 Å². The van der Waals surface area contributed by atoms with E-state index >= 15 is 0 Å². The Bertz CT molecular complexity index is 299. The van der Waals surface area contributed by atoms with E-state index in [1.807, 2.05) is 13.2 Å². The Kier molecular flexibility index (Phi) is 2.13. The molecule has 1 aliphatic carbocycles. The maximum atomic E-state index is 5.34. The molecule has 0 saturated carbocycles. The summed E-state index contributed by atoms with van der Waals surface area (Å²) >= 11 is 0. The van der Waals surface area contributed by atoms with Crippen molar-refractivity contribution in [1.29, 1.82) is 0 Å². The van der Waals surface area contributed by atoms with E-state index in [-0.39, 0.29) is 6.23 Å². The Morgan fingerprint density at radius 1 is 1.54 bits per heavy atom. The molecular formula is C11H15NO. The SMILES string of the molecule is CC1=C(C2=COC(C)N2)CCC=C1. The lowest BCUT2D eigenvalue weighted by Gasteiger charge is -2.14. The fourth-order valence-corrected chi connectivity index (χ4v) is 1.75. The summed E-state index contributed by atoms with van der Waals surface area (Å²) < 4.78 is 5.34. The van der Waals surface area contributed by atoms with Gasteiger partial charge in [0, 0.05) is 0 Å². The molecule has 1 N–H and O–H groups in total. The van der Waals surface area contributed by atoms with E-state index in [0.717, 1.165) is 18.5 Å². The summed E-state index contributed by atoms with van der Waals surface area (Å²) in [6.07, 6.45) is 8.63. The van der Waals surface area contributed by atoms with Gasteiger partial charge < -0.3 is 10.1 Å². The van der Waals surface area contributed by atoms with Crippen LogP contribution in [0.15, 0.2) is 35.3 Å². The second-order valence-corrected chi connectivity index (χ2v) is 3.56. The van der Waals surface area contributed by atoms with E-state index in [2.05, 4.69) is 24.4 Å². The molecule has 2 rings (SSSR count). The molecule has 0 radical (unpaired) electrons. The Morgan fingerprint density at radius 2 is 2.38 bits per heavy atom. The molecule has 0 aromatic carbocycles. The summed E-state index contributed by atoms with van der Waals surface area (Å²) in [4.78, 5) is 0. The van der Waals surface area contributed by atoms with E-state index in [0.29, 0.717) is 0 Å². The monoisotopic (exact) mass is 177 g/mol. The van der Waals surface area contributed by atoms with Crippen LogP contribution in [0, 0.1) is 0 Å². The van der Waals surface area contributed by atoms with Gasteiger partial charge in [-0.15, -0.1) is 0 Å². The lowest BCUT2D eigenvalue weighted by Crippen LogP contribution is -2.21. The van der Waals surface area contributed by atoms with Crippen LogP contribution in [-0.4, -0.2) is 6.23 Å². The summed E-state index contributed by atoms with van der Waals surface area (Å²) in [7, 11) is 0. The van der Waals surface area contributed by atoms with E-state index in [1.54, 1.807) is 0 Å². The summed E-state index contributed by atoms with van der Waals surface area (Å²) in [6.45, 7) is 4.16. The van der Waals surface area contributed by atoms with Crippen molar-refractivity contribution in [1.82, 2.24) is 5.32 Å². The number of hydrogen-bond acceptors (Lipinski definition) is 2. The molecule has 2 aliphatic rings. The molecule has 0 aromatic heterocycles. The summed E-state index contributed by atoms with van der Waals surface area (Å²) in [5.74, 6) is 0.